The Morgan fingerprint density at radius 1 is 1.31 bits per heavy atom. The predicted octanol–water partition coefficient (Wildman–Crippen LogP) is 1.67. The number of nitrogens with zero attached hydrogens (tertiary/aromatic N) is 3. The normalized spacial score (nSPS) is 9.44. The zero-order valence-corrected chi connectivity index (χ0v) is 8.38. The molecule has 0 fully saturated rings. The molecular weight excluding hydrogens is 202 g/mol. The van der Waals surface area contributed by atoms with Crippen molar-refractivity contribution in [1.29, 1.82) is 5.26 Å². The molecule has 0 aliphatic carbocycles. The SMILES string of the molecule is N#Cc1ccnnc1Nc1cccc(N)c1. The topological polar surface area (TPSA) is 87.6 Å². The minimum Gasteiger partial charge on any atom is -0.399 e. The lowest BCUT2D eigenvalue weighted by Crippen LogP contribution is -1.98. The van der Waals surface area contributed by atoms with Crippen LogP contribution in [0.15, 0.2) is 36.5 Å². The van der Waals surface area contributed by atoms with Gasteiger partial charge in [0.1, 0.15) is 6.07 Å². The number of benzene rings is 1. The lowest BCUT2D eigenvalue weighted by molar-refractivity contribution is 1.03. The van der Waals surface area contributed by atoms with Gasteiger partial charge in [0.2, 0.25) is 0 Å². The van der Waals surface area contributed by atoms with Crippen LogP contribution in [0, 0.1) is 11.3 Å². The molecule has 0 amide bonds. The Hall–Kier alpha value is -2.61. The Kier molecular flexibility index (Phi) is 2.65. The molecule has 5 heteroatoms. The smallest absolute Gasteiger partial charge is 0.171 e. The van der Waals surface area contributed by atoms with Crippen molar-refractivity contribution in [3.05, 3.63) is 42.1 Å². The number of rotatable bonds is 2. The Bertz CT molecular complexity index is 544. The average molecular weight is 211 g/mol. The summed E-state index contributed by atoms with van der Waals surface area (Å²) in [5.41, 5.74) is 7.50. The number of nitrogen functional groups attached to an aromatic ring is 1. The Morgan fingerprint density at radius 3 is 2.94 bits per heavy atom. The van der Waals surface area contributed by atoms with Crippen molar-refractivity contribution in [2.45, 2.75) is 0 Å². The summed E-state index contributed by atoms with van der Waals surface area (Å²) in [4.78, 5) is 0. The van der Waals surface area contributed by atoms with E-state index >= 15 is 0 Å². The summed E-state index contributed by atoms with van der Waals surface area (Å²) in [5, 5.41) is 19.4. The van der Waals surface area contributed by atoms with Gasteiger partial charge in [-0.2, -0.15) is 10.4 Å². The van der Waals surface area contributed by atoms with Gasteiger partial charge >= 0.3 is 0 Å². The minimum atomic E-state index is 0.426. The number of hydrogen-bond donors (Lipinski definition) is 2. The van der Waals surface area contributed by atoms with Gasteiger partial charge in [-0.3, -0.25) is 0 Å². The molecule has 0 aliphatic heterocycles. The Morgan fingerprint density at radius 2 is 2.19 bits per heavy atom. The second kappa shape index (κ2) is 4.28. The number of aromatic nitrogens is 2. The number of hydrogen-bond acceptors (Lipinski definition) is 5. The van der Waals surface area contributed by atoms with E-state index in [0.29, 0.717) is 17.1 Å². The third-order valence-corrected chi connectivity index (χ3v) is 1.99. The predicted molar refractivity (Wildman–Crippen MR) is 60.9 cm³/mol. The third-order valence-electron chi connectivity index (χ3n) is 1.99. The zero-order chi connectivity index (χ0) is 11.4. The van der Waals surface area contributed by atoms with Crippen LogP contribution in [0.25, 0.3) is 0 Å². The van der Waals surface area contributed by atoms with E-state index < -0.39 is 0 Å². The molecule has 0 aliphatic rings. The summed E-state index contributed by atoms with van der Waals surface area (Å²) < 4.78 is 0. The van der Waals surface area contributed by atoms with E-state index in [1.165, 1.54) is 6.20 Å². The highest BCUT2D eigenvalue weighted by Crippen LogP contribution is 2.18. The van der Waals surface area contributed by atoms with E-state index in [1.54, 1.807) is 18.2 Å². The molecule has 2 aromatic rings. The van der Waals surface area contributed by atoms with Crippen molar-refractivity contribution >= 4 is 17.2 Å². The molecule has 0 unspecified atom stereocenters. The molecule has 0 bridgehead atoms. The number of anilines is 3. The molecule has 0 radical (unpaired) electrons. The highest BCUT2D eigenvalue weighted by molar-refractivity contribution is 5.64. The fourth-order valence-corrected chi connectivity index (χ4v) is 1.27. The Labute approximate surface area is 92.5 Å². The van der Waals surface area contributed by atoms with Gasteiger partial charge in [-0.25, -0.2) is 0 Å². The van der Waals surface area contributed by atoms with Gasteiger partial charge in [0.05, 0.1) is 11.8 Å². The van der Waals surface area contributed by atoms with Crippen molar-refractivity contribution in [2.75, 3.05) is 11.1 Å². The highest BCUT2D eigenvalue weighted by Gasteiger charge is 2.03. The quantitative estimate of drug-likeness (QED) is 0.738. The minimum absolute atomic E-state index is 0.426. The molecular formula is C11H9N5. The molecule has 78 valence electrons. The molecule has 16 heavy (non-hydrogen) atoms. The lowest BCUT2D eigenvalue weighted by Gasteiger charge is -2.06. The van der Waals surface area contributed by atoms with Crippen molar-refractivity contribution < 1.29 is 0 Å². The van der Waals surface area contributed by atoms with Crippen LogP contribution in [0.2, 0.25) is 0 Å². The summed E-state index contributed by atoms with van der Waals surface area (Å²) in [5.74, 6) is 0.426. The molecule has 0 saturated carbocycles. The monoisotopic (exact) mass is 211 g/mol. The third kappa shape index (κ3) is 2.07. The van der Waals surface area contributed by atoms with Gasteiger partial charge in [0, 0.05) is 11.4 Å². The van der Waals surface area contributed by atoms with Crippen LogP contribution in [0.3, 0.4) is 0 Å². The van der Waals surface area contributed by atoms with Crippen molar-refractivity contribution in [3.63, 3.8) is 0 Å². The van der Waals surface area contributed by atoms with Crippen LogP contribution in [0.1, 0.15) is 5.56 Å². The second-order valence-corrected chi connectivity index (χ2v) is 3.16. The molecule has 0 spiro atoms. The average Bonchev–Trinajstić information content (AvgIpc) is 2.30. The van der Waals surface area contributed by atoms with Gasteiger partial charge in [-0.05, 0) is 24.3 Å². The lowest BCUT2D eigenvalue weighted by atomic mass is 10.2. The molecule has 1 heterocycles. The van der Waals surface area contributed by atoms with Crippen molar-refractivity contribution in [3.8, 4) is 6.07 Å². The summed E-state index contributed by atoms with van der Waals surface area (Å²) in [7, 11) is 0. The molecule has 0 saturated heterocycles. The van der Waals surface area contributed by atoms with E-state index in [1.807, 2.05) is 18.2 Å². The van der Waals surface area contributed by atoms with E-state index in [0.717, 1.165) is 5.69 Å². The first-order chi connectivity index (χ1) is 7.79. The standard InChI is InChI=1S/C11H9N5/c12-7-8-4-5-14-16-11(8)15-10-3-1-2-9(13)6-10/h1-6H,13H2,(H,15,16). The van der Waals surface area contributed by atoms with Gasteiger partial charge in [0.15, 0.2) is 5.82 Å². The summed E-state index contributed by atoms with van der Waals surface area (Å²) in [6.07, 6.45) is 1.48. The fraction of sp³-hybridized carbons (Fsp3) is 0. The molecule has 5 nitrogen and oxygen atoms in total. The van der Waals surface area contributed by atoms with E-state index in [2.05, 4.69) is 15.5 Å². The van der Waals surface area contributed by atoms with Gasteiger partial charge in [-0.1, -0.05) is 6.07 Å². The van der Waals surface area contributed by atoms with E-state index in [9.17, 15) is 0 Å². The van der Waals surface area contributed by atoms with Crippen LogP contribution in [0.4, 0.5) is 17.2 Å². The van der Waals surface area contributed by atoms with Crippen molar-refractivity contribution in [2.24, 2.45) is 0 Å². The first-order valence-electron chi connectivity index (χ1n) is 4.64. The molecule has 1 aromatic heterocycles. The molecule has 2 rings (SSSR count). The number of nitriles is 1. The maximum absolute atomic E-state index is 8.87. The summed E-state index contributed by atoms with van der Waals surface area (Å²) >= 11 is 0. The maximum atomic E-state index is 8.87. The van der Waals surface area contributed by atoms with Crippen LogP contribution in [-0.4, -0.2) is 10.2 Å². The van der Waals surface area contributed by atoms with Gasteiger partial charge in [0.25, 0.3) is 0 Å². The second-order valence-electron chi connectivity index (χ2n) is 3.16. The number of nitrogens with two attached hydrogens (primary N) is 1. The molecule has 1 aromatic carbocycles. The van der Waals surface area contributed by atoms with Crippen molar-refractivity contribution in [1.82, 2.24) is 10.2 Å². The molecule has 3 N–H and O–H groups in total. The van der Waals surface area contributed by atoms with Crippen LogP contribution in [-0.2, 0) is 0 Å². The van der Waals surface area contributed by atoms with E-state index in [4.69, 9.17) is 11.0 Å². The Balaban J connectivity index is 2.31. The highest BCUT2D eigenvalue weighted by atomic mass is 15.2. The zero-order valence-electron chi connectivity index (χ0n) is 8.38. The van der Waals surface area contributed by atoms with Crippen LogP contribution in [0.5, 0.6) is 0 Å². The first-order valence-corrected chi connectivity index (χ1v) is 4.64. The van der Waals surface area contributed by atoms with E-state index in [-0.39, 0.29) is 0 Å². The largest absolute Gasteiger partial charge is 0.399 e. The van der Waals surface area contributed by atoms with Crippen LogP contribution < -0.4 is 11.1 Å². The molecule has 0 atom stereocenters. The fourth-order valence-electron chi connectivity index (χ4n) is 1.27. The van der Waals surface area contributed by atoms with Gasteiger partial charge < -0.3 is 11.1 Å². The maximum Gasteiger partial charge on any atom is 0.171 e. The first kappa shape index (κ1) is 9.93. The summed E-state index contributed by atoms with van der Waals surface area (Å²) in [6, 6.07) is 10.8. The summed E-state index contributed by atoms with van der Waals surface area (Å²) in [6.45, 7) is 0. The van der Waals surface area contributed by atoms with Gasteiger partial charge in [-0.15, -0.1) is 5.10 Å². The van der Waals surface area contributed by atoms with Crippen LogP contribution >= 0.6 is 0 Å². The number of nitrogens with one attached hydrogen (secondary N) is 1.